The number of aryl methyl sites for hydroxylation is 1. The second kappa shape index (κ2) is 6.66. The van der Waals surface area contributed by atoms with Crippen LogP contribution in [0.1, 0.15) is 6.42 Å². The van der Waals surface area contributed by atoms with E-state index in [-0.39, 0.29) is 12.5 Å². The van der Waals surface area contributed by atoms with Crippen molar-refractivity contribution in [2.24, 2.45) is 0 Å². The van der Waals surface area contributed by atoms with Crippen LogP contribution in [0.2, 0.25) is 5.02 Å². The third kappa shape index (κ3) is 3.49. The number of hydrogen-bond acceptors (Lipinski definition) is 3. The molecule has 0 N–H and O–H groups in total. The Hall–Kier alpha value is -2.27. The number of fused-ring (bicyclic) bond motifs is 1. The van der Waals surface area contributed by atoms with E-state index in [1.54, 1.807) is 12.5 Å². The largest absolute Gasteiger partial charge is 0.464 e. The van der Waals surface area contributed by atoms with Gasteiger partial charge in [0, 0.05) is 30.2 Å². The molecule has 0 aliphatic heterocycles. The van der Waals surface area contributed by atoms with Gasteiger partial charge in [-0.1, -0.05) is 17.7 Å². The highest BCUT2D eigenvalue weighted by Gasteiger charge is 2.07. The van der Waals surface area contributed by atoms with Gasteiger partial charge >= 0.3 is 5.97 Å². The normalized spacial score (nSPS) is 11.0. The molecule has 0 fully saturated rings. The molecule has 0 unspecified atom stereocenters. The Morgan fingerprint density at radius 3 is 3.00 bits per heavy atom. The average Bonchev–Trinajstić information content (AvgIpc) is 3.14. The summed E-state index contributed by atoms with van der Waals surface area (Å²) in [7, 11) is 0. The lowest BCUT2D eigenvalue weighted by Crippen LogP contribution is -2.14. The van der Waals surface area contributed by atoms with E-state index in [1.165, 1.54) is 0 Å². The maximum absolute atomic E-state index is 11.9. The van der Waals surface area contributed by atoms with E-state index in [0.717, 1.165) is 23.9 Å². The molecule has 6 heteroatoms. The summed E-state index contributed by atoms with van der Waals surface area (Å²) in [5, 5.41) is 1.71. The van der Waals surface area contributed by atoms with Gasteiger partial charge in [-0.3, -0.25) is 4.79 Å². The Kier molecular flexibility index (Phi) is 4.44. The van der Waals surface area contributed by atoms with Crippen LogP contribution in [0.3, 0.4) is 0 Å². The summed E-state index contributed by atoms with van der Waals surface area (Å²) in [6.45, 7) is 1.38. The predicted molar refractivity (Wildman–Crippen MR) is 84.8 cm³/mol. The lowest BCUT2D eigenvalue weighted by molar-refractivity contribution is -0.144. The van der Waals surface area contributed by atoms with E-state index in [0.29, 0.717) is 11.6 Å². The summed E-state index contributed by atoms with van der Waals surface area (Å²) >= 11 is 6.00. The number of benzene rings is 1. The molecular formula is C16H16ClN3O2. The summed E-state index contributed by atoms with van der Waals surface area (Å²) in [6.07, 6.45) is 8.00. The van der Waals surface area contributed by atoms with E-state index in [4.69, 9.17) is 16.3 Å². The molecule has 0 atom stereocenters. The fraction of sp³-hybridized carbons (Fsp3) is 0.250. The number of esters is 1. The minimum Gasteiger partial charge on any atom is -0.464 e. The number of nitrogens with zero attached hydrogens (tertiary/aromatic N) is 3. The molecule has 2 heterocycles. The molecule has 1 aromatic carbocycles. The van der Waals surface area contributed by atoms with Crippen molar-refractivity contribution in [3.8, 4) is 0 Å². The highest BCUT2D eigenvalue weighted by molar-refractivity contribution is 6.31. The van der Waals surface area contributed by atoms with Gasteiger partial charge in [0.25, 0.3) is 0 Å². The number of halogens is 1. The fourth-order valence-corrected chi connectivity index (χ4v) is 2.50. The van der Waals surface area contributed by atoms with Crippen LogP contribution in [0.4, 0.5) is 0 Å². The van der Waals surface area contributed by atoms with Crippen LogP contribution in [0.15, 0.2) is 49.2 Å². The Balaban J connectivity index is 1.51. The van der Waals surface area contributed by atoms with Crippen LogP contribution in [-0.4, -0.2) is 26.7 Å². The van der Waals surface area contributed by atoms with Crippen molar-refractivity contribution in [2.75, 3.05) is 6.61 Å². The number of carbonyl (C=O) groups excluding carboxylic acids is 1. The number of aromatic nitrogens is 3. The van der Waals surface area contributed by atoms with Gasteiger partial charge < -0.3 is 13.9 Å². The molecule has 0 spiro atoms. The van der Waals surface area contributed by atoms with Crippen molar-refractivity contribution >= 4 is 28.5 Å². The van der Waals surface area contributed by atoms with Crippen molar-refractivity contribution < 1.29 is 9.53 Å². The van der Waals surface area contributed by atoms with Crippen molar-refractivity contribution in [2.45, 2.75) is 19.5 Å². The zero-order valence-corrected chi connectivity index (χ0v) is 12.7. The van der Waals surface area contributed by atoms with Crippen LogP contribution < -0.4 is 0 Å². The Morgan fingerprint density at radius 2 is 2.18 bits per heavy atom. The zero-order valence-electron chi connectivity index (χ0n) is 12.0. The summed E-state index contributed by atoms with van der Waals surface area (Å²) < 4.78 is 9.07. The van der Waals surface area contributed by atoms with E-state index in [9.17, 15) is 4.79 Å². The monoisotopic (exact) mass is 317 g/mol. The summed E-state index contributed by atoms with van der Waals surface area (Å²) in [5.74, 6) is -0.247. The zero-order chi connectivity index (χ0) is 15.4. The van der Waals surface area contributed by atoms with Gasteiger partial charge in [0.1, 0.15) is 6.54 Å². The quantitative estimate of drug-likeness (QED) is 0.518. The topological polar surface area (TPSA) is 49.0 Å². The predicted octanol–water partition coefficient (Wildman–Crippen LogP) is 3.12. The van der Waals surface area contributed by atoms with Gasteiger partial charge in [-0.25, -0.2) is 4.98 Å². The Bertz CT molecular complexity index is 765. The molecule has 114 valence electrons. The summed E-state index contributed by atoms with van der Waals surface area (Å²) in [4.78, 5) is 15.9. The Morgan fingerprint density at radius 1 is 1.27 bits per heavy atom. The molecule has 0 saturated carbocycles. The van der Waals surface area contributed by atoms with Gasteiger partial charge in [0.05, 0.1) is 18.5 Å². The first kappa shape index (κ1) is 14.7. The SMILES string of the molecule is O=C(Cn1ccc2ccc(Cl)cc21)OCCCn1ccnc1. The molecule has 0 bridgehead atoms. The number of ether oxygens (including phenoxy) is 1. The standard InChI is InChI=1S/C16H16ClN3O2/c17-14-3-2-13-4-7-20(15(13)10-14)11-16(21)22-9-1-6-19-8-5-18-12-19/h2-5,7-8,10,12H,1,6,9,11H2. The third-order valence-electron chi connectivity index (χ3n) is 3.42. The second-order valence-corrected chi connectivity index (χ2v) is 5.46. The van der Waals surface area contributed by atoms with Gasteiger partial charge in [0.15, 0.2) is 0 Å². The highest BCUT2D eigenvalue weighted by atomic mass is 35.5. The minimum atomic E-state index is -0.247. The molecule has 3 aromatic rings. The van der Waals surface area contributed by atoms with Crippen LogP contribution in [0, 0.1) is 0 Å². The van der Waals surface area contributed by atoms with E-state index < -0.39 is 0 Å². The molecular weight excluding hydrogens is 302 g/mol. The first-order valence-electron chi connectivity index (χ1n) is 7.08. The summed E-state index contributed by atoms with van der Waals surface area (Å²) in [5.41, 5.74) is 0.933. The van der Waals surface area contributed by atoms with Crippen molar-refractivity contribution in [1.29, 1.82) is 0 Å². The maximum Gasteiger partial charge on any atom is 0.325 e. The number of rotatable bonds is 6. The van der Waals surface area contributed by atoms with Gasteiger partial charge in [-0.05, 0) is 30.0 Å². The average molecular weight is 318 g/mol. The van der Waals surface area contributed by atoms with Crippen molar-refractivity contribution in [3.05, 3.63) is 54.2 Å². The van der Waals surface area contributed by atoms with Crippen molar-refractivity contribution in [1.82, 2.24) is 14.1 Å². The molecule has 0 radical (unpaired) electrons. The third-order valence-corrected chi connectivity index (χ3v) is 3.65. The smallest absolute Gasteiger partial charge is 0.325 e. The first-order chi connectivity index (χ1) is 10.7. The van der Waals surface area contributed by atoms with E-state index in [1.807, 2.05) is 45.8 Å². The molecule has 0 saturated heterocycles. The van der Waals surface area contributed by atoms with E-state index >= 15 is 0 Å². The second-order valence-electron chi connectivity index (χ2n) is 5.02. The summed E-state index contributed by atoms with van der Waals surface area (Å²) in [6, 6.07) is 7.58. The van der Waals surface area contributed by atoms with Gasteiger partial charge in [-0.15, -0.1) is 0 Å². The van der Waals surface area contributed by atoms with Crippen LogP contribution in [0.5, 0.6) is 0 Å². The molecule has 0 amide bonds. The molecule has 0 aliphatic rings. The van der Waals surface area contributed by atoms with Crippen LogP contribution >= 0.6 is 11.6 Å². The Labute approximate surface area is 133 Å². The van der Waals surface area contributed by atoms with Crippen molar-refractivity contribution in [3.63, 3.8) is 0 Å². The van der Waals surface area contributed by atoms with E-state index in [2.05, 4.69) is 4.98 Å². The maximum atomic E-state index is 11.9. The number of imidazole rings is 1. The van der Waals surface area contributed by atoms with Crippen LogP contribution in [-0.2, 0) is 22.6 Å². The lowest BCUT2D eigenvalue weighted by Gasteiger charge is -2.07. The molecule has 5 nitrogen and oxygen atoms in total. The fourth-order valence-electron chi connectivity index (χ4n) is 2.33. The lowest BCUT2D eigenvalue weighted by atomic mass is 10.2. The molecule has 0 aliphatic carbocycles. The van der Waals surface area contributed by atoms with Gasteiger partial charge in [-0.2, -0.15) is 0 Å². The first-order valence-corrected chi connectivity index (χ1v) is 7.46. The molecule has 3 rings (SSSR count). The highest BCUT2D eigenvalue weighted by Crippen LogP contribution is 2.20. The number of carbonyl (C=O) groups is 1. The van der Waals surface area contributed by atoms with Gasteiger partial charge in [0.2, 0.25) is 0 Å². The number of hydrogen-bond donors (Lipinski definition) is 0. The van der Waals surface area contributed by atoms with Crippen LogP contribution in [0.25, 0.3) is 10.9 Å². The molecule has 22 heavy (non-hydrogen) atoms. The molecule has 2 aromatic heterocycles. The minimum absolute atomic E-state index is 0.189.